The summed E-state index contributed by atoms with van der Waals surface area (Å²) in [5.74, 6) is 0. The maximum atomic E-state index is 12.2. The average Bonchev–Trinajstić information content (AvgIpc) is 2.47. The van der Waals surface area contributed by atoms with Crippen LogP contribution < -0.4 is 0 Å². The predicted octanol–water partition coefficient (Wildman–Crippen LogP) is 3.20. The molecule has 3 heteroatoms. The molecule has 0 atom stereocenters. The number of hydrogen-bond acceptors (Lipinski definition) is 0. The van der Waals surface area contributed by atoms with Gasteiger partial charge in [0.2, 0.25) is 0 Å². The lowest BCUT2D eigenvalue weighted by Gasteiger charge is -2.08. The van der Waals surface area contributed by atoms with Crippen LogP contribution in [0, 0.1) is 6.42 Å². The molecule has 2 rings (SSSR count). The fourth-order valence-electron chi connectivity index (χ4n) is 1.58. The summed E-state index contributed by atoms with van der Waals surface area (Å²) in [6.07, 6.45) is -0.650. The van der Waals surface area contributed by atoms with Gasteiger partial charge < -0.3 is 0 Å². The molecule has 0 bridgehead atoms. The van der Waals surface area contributed by atoms with Gasteiger partial charge in [0.1, 0.15) is 0 Å². The van der Waals surface area contributed by atoms with Gasteiger partial charge in [0.25, 0.3) is 0 Å². The van der Waals surface area contributed by atoms with Crippen molar-refractivity contribution in [2.75, 3.05) is 0 Å². The Morgan fingerprint density at radius 3 is 2.62 bits per heavy atom. The SMILES string of the molecule is FC(F)(F)c1ccc2c(c1)CC[CH]2. The first-order valence-corrected chi connectivity index (χ1v) is 4.11. The van der Waals surface area contributed by atoms with Gasteiger partial charge in [0, 0.05) is 0 Å². The fraction of sp³-hybridized carbons (Fsp3) is 0.300. The molecule has 0 aromatic heterocycles. The number of aryl methyl sites for hydroxylation is 1. The summed E-state index contributed by atoms with van der Waals surface area (Å²) >= 11 is 0. The topological polar surface area (TPSA) is 0 Å². The van der Waals surface area contributed by atoms with E-state index < -0.39 is 11.7 Å². The Morgan fingerprint density at radius 1 is 1.15 bits per heavy atom. The fourth-order valence-corrected chi connectivity index (χ4v) is 1.58. The Balaban J connectivity index is 2.42. The molecular formula is C10H8F3. The summed E-state index contributed by atoms with van der Waals surface area (Å²) in [5.41, 5.74) is 1.23. The van der Waals surface area contributed by atoms with Gasteiger partial charge in [-0.05, 0) is 42.5 Å². The molecule has 0 spiro atoms. The van der Waals surface area contributed by atoms with E-state index in [1.165, 1.54) is 6.07 Å². The molecule has 0 amide bonds. The van der Waals surface area contributed by atoms with E-state index in [-0.39, 0.29) is 0 Å². The van der Waals surface area contributed by atoms with Gasteiger partial charge in [-0.3, -0.25) is 0 Å². The molecule has 1 aliphatic rings. The molecule has 1 radical (unpaired) electrons. The second kappa shape index (κ2) is 2.76. The largest absolute Gasteiger partial charge is 0.416 e. The van der Waals surface area contributed by atoms with Crippen molar-refractivity contribution in [2.45, 2.75) is 19.0 Å². The summed E-state index contributed by atoms with van der Waals surface area (Å²) in [4.78, 5) is 0. The molecule has 0 saturated carbocycles. The molecular weight excluding hydrogens is 177 g/mol. The van der Waals surface area contributed by atoms with Gasteiger partial charge >= 0.3 is 6.18 Å². The van der Waals surface area contributed by atoms with E-state index in [1.807, 2.05) is 6.42 Å². The van der Waals surface area contributed by atoms with Crippen LogP contribution in [0.15, 0.2) is 18.2 Å². The molecule has 1 aromatic rings. The van der Waals surface area contributed by atoms with E-state index in [9.17, 15) is 13.2 Å². The van der Waals surface area contributed by atoms with Crippen LogP contribution in [0.4, 0.5) is 13.2 Å². The van der Waals surface area contributed by atoms with Crippen molar-refractivity contribution in [3.05, 3.63) is 41.3 Å². The average molecular weight is 185 g/mol. The van der Waals surface area contributed by atoms with Crippen molar-refractivity contribution in [3.8, 4) is 0 Å². The third-order valence-corrected chi connectivity index (χ3v) is 2.25. The van der Waals surface area contributed by atoms with E-state index >= 15 is 0 Å². The van der Waals surface area contributed by atoms with E-state index in [2.05, 4.69) is 0 Å². The Bertz CT molecular complexity index is 325. The maximum absolute atomic E-state index is 12.2. The highest BCUT2D eigenvalue weighted by molar-refractivity contribution is 5.41. The number of halogens is 3. The number of rotatable bonds is 0. The Hall–Kier alpha value is -0.990. The van der Waals surface area contributed by atoms with Gasteiger partial charge in [-0.2, -0.15) is 13.2 Å². The van der Waals surface area contributed by atoms with Crippen molar-refractivity contribution in [1.82, 2.24) is 0 Å². The smallest absolute Gasteiger partial charge is 0.166 e. The van der Waals surface area contributed by atoms with Crippen LogP contribution >= 0.6 is 0 Å². The molecule has 13 heavy (non-hydrogen) atoms. The molecule has 0 unspecified atom stereocenters. The van der Waals surface area contributed by atoms with Gasteiger partial charge in [-0.15, -0.1) is 0 Å². The molecule has 0 saturated heterocycles. The van der Waals surface area contributed by atoms with Gasteiger partial charge in [0.05, 0.1) is 5.56 Å². The monoisotopic (exact) mass is 185 g/mol. The van der Waals surface area contributed by atoms with Crippen molar-refractivity contribution >= 4 is 0 Å². The first kappa shape index (κ1) is 8.60. The zero-order valence-corrected chi connectivity index (χ0v) is 6.86. The summed E-state index contributed by atoms with van der Waals surface area (Å²) in [6, 6.07) is 3.94. The number of benzene rings is 1. The summed E-state index contributed by atoms with van der Waals surface area (Å²) in [7, 11) is 0. The highest BCUT2D eigenvalue weighted by Gasteiger charge is 2.31. The second-order valence-corrected chi connectivity index (χ2v) is 3.15. The number of alkyl halides is 3. The lowest BCUT2D eigenvalue weighted by Crippen LogP contribution is -2.05. The first-order valence-electron chi connectivity index (χ1n) is 4.11. The normalized spacial score (nSPS) is 15.9. The molecule has 69 valence electrons. The minimum atomic E-state index is -4.21. The number of fused-ring (bicyclic) bond motifs is 1. The third-order valence-electron chi connectivity index (χ3n) is 2.25. The predicted molar refractivity (Wildman–Crippen MR) is 43.2 cm³/mol. The zero-order chi connectivity index (χ0) is 9.47. The molecule has 0 nitrogen and oxygen atoms in total. The third kappa shape index (κ3) is 1.55. The second-order valence-electron chi connectivity index (χ2n) is 3.15. The number of hydrogen-bond donors (Lipinski definition) is 0. The summed E-state index contributed by atoms with van der Waals surface area (Å²) in [6.45, 7) is 0. The highest BCUT2D eigenvalue weighted by atomic mass is 19.4. The Kier molecular flexibility index (Phi) is 1.82. The Labute approximate surface area is 74.4 Å². The molecule has 1 aliphatic carbocycles. The highest BCUT2D eigenvalue weighted by Crippen LogP contribution is 2.33. The van der Waals surface area contributed by atoms with Gasteiger partial charge in [-0.1, -0.05) is 6.07 Å². The quantitative estimate of drug-likeness (QED) is 0.582. The summed E-state index contributed by atoms with van der Waals surface area (Å²) < 4.78 is 36.7. The van der Waals surface area contributed by atoms with E-state index in [4.69, 9.17) is 0 Å². The van der Waals surface area contributed by atoms with E-state index in [0.717, 1.165) is 30.0 Å². The van der Waals surface area contributed by atoms with Crippen molar-refractivity contribution in [3.63, 3.8) is 0 Å². The molecule has 0 N–H and O–H groups in total. The zero-order valence-electron chi connectivity index (χ0n) is 6.86. The minimum absolute atomic E-state index is 0.540. The minimum Gasteiger partial charge on any atom is -0.166 e. The van der Waals surface area contributed by atoms with Crippen LogP contribution in [0.2, 0.25) is 0 Å². The standard InChI is InChI=1S/C10H8F3/c11-10(12,13)9-5-4-7-2-1-3-8(7)6-9/h2,4-6H,1,3H2. The lowest BCUT2D eigenvalue weighted by atomic mass is 10.1. The van der Waals surface area contributed by atoms with Crippen LogP contribution in [0.3, 0.4) is 0 Å². The van der Waals surface area contributed by atoms with E-state index in [1.54, 1.807) is 6.07 Å². The van der Waals surface area contributed by atoms with Gasteiger partial charge in [0.15, 0.2) is 0 Å². The Morgan fingerprint density at radius 2 is 1.92 bits per heavy atom. The van der Waals surface area contributed by atoms with Crippen LogP contribution in [0.25, 0.3) is 0 Å². The molecule has 0 aliphatic heterocycles. The van der Waals surface area contributed by atoms with Crippen molar-refractivity contribution in [1.29, 1.82) is 0 Å². The lowest BCUT2D eigenvalue weighted by molar-refractivity contribution is -0.137. The molecule has 0 heterocycles. The molecule has 1 aromatic carbocycles. The van der Waals surface area contributed by atoms with Crippen LogP contribution in [-0.4, -0.2) is 0 Å². The van der Waals surface area contributed by atoms with Crippen LogP contribution in [-0.2, 0) is 12.6 Å². The summed E-state index contributed by atoms with van der Waals surface area (Å²) in [5, 5.41) is 0. The van der Waals surface area contributed by atoms with Crippen molar-refractivity contribution in [2.24, 2.45) is 0 Å². The maximum Gasteiger partial charge on any atom is 0.416 e. The van der Waals surface area contributed by atoms with Crippen molar-refractivity contribution < 1.29 is 13.2 Å². The van der Waals surface area contributed by atoms with Gasteiger partial charge in [-0.25, -0.2) is 0 Å². The molecule has 0 fully saturated rings. The van der Waals surface area contributed by atoms with Crippen LogP contribution in [0.5, 0.6) is 0 Å². The van der Waals surface area contributed by atoms with Crippen LogP contribution in [0.1, 0.15) is 23.1 Å². The van der Waals surface area contributed by atoms with E-state index in [0.29, 0.717) is 0 Å². The first-order chi connectivity index (χ1) is 6.07.